The van der Waals surface area contributed by atoms with Crippen molar-refractivity contribution in [2.75, 3.05) is 0 Å². The van der Waals surface area contributed by atoms with Crippen LogP contribution in [0.1, 0.15) is 15.9 Å². The van der Waals surface area contributed by atoms with Gasteiger partial charge >= 0.3 is 5.69 Å². The molecule has 2 aromatic carbocycles. The highest BCUT2D eigenvalue weighted by Gasteiger charge is 2.18. The van der Waals surface area contributed by atoms with Crippen LogP contribution in [0.3, 0.4) is 0 Å². The van der Waals surface area contributed by atoms with E-state index in [0.717, 1.165) is 10.6 Å². The van der Waals surface area contributed by atoms with Crippen LogP contribution in [0.15, 0.2) is 69.6 Å². The molecule has 2 aromatic heterocycles. The molecule has 4 rings (SSSR count). The van der Waals surface area contributed by atoms with Gasteiger partial charge in [0.25, 0.3) is 5.56 Å². The van der Waals surface area contributed by atoms with Crippen LogP contribution < -0.4 is 11.2 Å². The third kappa shape index (κ3) is 2.99. The van der Waals surface area contributed by atoms with Crippen molar-refractivity contribution in [1.82, 2.24) is 9.13 Å². The number of fused-ring (bicyclic) bond motifs is 1. The van der Waals surface area contributed by atoms with Crippen LogP contribution in [0.2, 0.25) is 0 Å². The van der Waals surface area contributed by atoms with Crippen molar-refractivity contribution in [3.8, 4) is 5.69 Å². The predicted octanol–water partition coefficient (Wildman–Crippen LogP) is 3.54. The molecule has 0 aliphatic rings. The average molecular weight is 394 g/mol. The number of benzene rings is 2. The second-order valence-electron chi connectivity index (χ2n) is 6.37. The Morgan fingerprint density at radius 2 is 1.82 bits per heavy atom. The smallest absolute Gasteiger partial charge is 0.292 e. The van der Waals surface area contributed by atoms with Crippen LogP contribution in [-0.2, 0) is 6.54 Å². The van der Waals surface area contributed by atoms with Gasteiger partial charge in [-0.1, -0.05) is 36.4 Å². The van der Waals surface area contributed by atoms with Gasteiger partial charge in [-0.2, -0.15) is 0 Å². The number of aromatic nitrogens is 2. The molecule has 140 valence electrons. The number of aryl methyl sites for hydroxylation is 1. The molecule has 28 heavy (non-hydrogen) atoms. The van der Waals surface area contributed by atoms with Gasteiger partial charge in [0, 0.05) is 5.56 Å². The van der Waals surface area contributed by atoms with E-state index in [4.69, 9.17) is 0 Å². The minimum absolute atomic E-state index is 0.134. The summed E-state index contributed by atoms with van der Waals surface area (Å²) in [4.78, 5) is 38.6. The van der Waals surface area contributed by atoms with Gasteiger partial charge in [-0.3, -0.25) is 14.2 Å². The van der Waals surface area contributed by atoms with Gasteiger partial charge in [-0.05, 0) is 36.1 Å². The lowest BCUT2D eigenvalue weighted by Crippen LogP contribution is -2.39. The normalized spacial score (nSPS) is 11.1. The summed E-state index contributed by atoms with van der Waals surface area (Å²) in [5, 5.41) is 1.69. The van der Waals surface area contributed by atoms with Crippen molar-refractivity contribution in [2.24, 2.45) is 0 Å². The zero-order valence-corrected chi connectivity index (χ0v) is 15.7. The van der Waals surface area contributed by atoms with Crippen molar-refractivity contribution in [3.63, 3.8) is 0 Å². The van der Waals surface area contributed by atoms with Gasteiger partial charge in [0.15, 0.2) is 5.78 Å². The third-order valence-electron chi connectivity index (χ3n) is 4.57. The number of thiophene rings is 1. The van der Waals surface area contributed by atoms with E-state index in [1.165, 1.54) is 28.0 Å². The number of rotatable bonds is 4. The van der Waals surface area contributed by atoms with E-state index in [0.29, 0.717) is 21.3 Å². The van der Waals surface area contributed by atoms with Crippen LogP contribution in [0.25, 0.3) is 15.9 Å². The highest BCUT2D eigenvalue weighted by molar-refractivity contribution is 7.17. The fraction of sp³-hybridized carbons (Fsp3) is 0.0952. The summed E-state index contributed by atoms with van der Waals surface area (Å²) >= 11 is 1.18. The Bertz CT molecular complexity index is 1320. The van der Waals surface area contributed by atoms with Crippen LogP contribution in [0.4, 0.5) is 4.39 Å². The van der Waals surface area contributed by atoms with Crippen molar-refractivity contribution in [1.29, 1.82) is 0 Å². The maximum atomic E-state index is 14.0. The molecule has 7 heteroatoms. The monoisotopic (exact) mass is 394 g/mol. The molecule has 0 bridgehead atoms. The van der Waals surface area contributed by atoms with Crippen LogP contribution in [-0.4, -0.2) is 14.9 Å². The molecule has 0 spiro atoms. The van der Waals surface area contributed by atoms with E-state index in [1.807, 2.05) is 0 Å². The lowest BCUT2D eigenvalue weighted by molar-refractivity contribution is 0.0971. The summed E-state index contributed by atoms with van der Waals surface area (Å²) in [6, 6.07) is 14.4. The molecular formula is C21H15FN2O3S. The maximum absolute atomic E-state index is 14.0. The molecule has 0 N–H and O–H groups in total. The minimum Gasteiger partial charge on any atom is -0.292 e. The number of halogens is 1. The number of hydrogen-bond donors (Lipinski definition) is 0. The summed E-state index contributed by atoms with van der Waals surface area (Å²) in [5.74, 6) is -0.766. The van der Waals surface area contributed by atoms with E-state index < -0.39 is 17.1 Å². The third-order valence-corrected chi connectivity index (χ3v) is 5.46. The highest BCUT2D eigenvalue weighted by atomic mass is 32.1. The molecule has 0 saturated heterocycles. The Morgan fingerprint density at radius 1 is 1.07 bits per heavy atom. The Morgan fingerprint density at radius 3 is 2.54 bits per heavy atom. The minimum atomic E-state index is -0.677. The zero-order valence-electron chi connectivity index (χ0n) is 14.9. The molecule has 0 unspecified atom stereocenters. The van der Waals surface area contributed by atoms with E-state index >= 15 is 0 Å². The molecule has 2 heterocycles. The van der Waals surface area contributed by atoms with Crippen LogP contribution in [0.5, 0.6) is 0 Å². The Hall–Kier alpha value is -3.32. The first-order chi connectivity index (χ1) is 13.5. The number of hydrogen-bond acceptors (Lipinski definition) is 4. The SMILES string of the molecule is Cc1ccc(-n2c(=O)c3sccc3n(CC(=O)c3ccccc3)c2=O)cc1F. The Balaban J connectivity index is 1.93. The summed E-state index contributed by atoms with van der Waals surface area (Å²) in [5.41, 5.74) is 0.206. The molecule has 0 saturated carbocycles. The van der Waals surface area contributed by atoms with E-state index in [9.17, 15) is 18.8 Å². The summed E-state index contributed by atoms with van der Waals surface area (Å²) < 4.78 is 16.6. The van der Waals surface area contributed by atoms with Gasteiger partial charge in [-0.25, -0.2) is 13.8 Å². The van der Waals surface area contributed by atoms with Gasteiger partial charge in [-0.15, -0.1) is 11.3 Å². The topological polar surface area (TPSA) is 61.1 Å². The van der Waals surface area contributed by atoms with Crippen molar-refractivity contribution in [2.45, 2.75) is 13.5 Å². The fourth-order valence-corrected chi connectivity index (χ4v) is 3.87. The van der Waals surface area contributed by atoms with E-state index in [-0.39, 0.29) is 18.0 Å². The first-order valence-corrected chi connectivity index (χ1v) is 9.43. The first kappa shape index (κ1) is 18.1. The largest absolute Gasteiger partial charge is 0.336 e. The molecule has 5 nitrogen and oxygen atoms in total. The number of Topliss-reactive ketones (excluding diaryl/α,β-unsaturated/α-hetero) is 1. The van der Waals surface area contributed by atoms with Gasteiger partial charge in [0.05, 0.1) is 17.7 Å². The summed E-state index contributed by atoms with van der Waals surface area (Å²) in [7, 11) is 0. The number of carbonyl (C=O) groups excluding carboxylic acids is 1. The zero-order chi connectivity index (χ0) is 19.8. The molecular weight excluding hydrogens is 379 g/mol. The van der Waals surface area contributed by atoms with Crippen LogP contribution in [0, 0.1) is 12.7 Å². The van der Waals surface area contributed by atoms with Gasteiger partial charge in [0.2, 0.25) is 0 Å². The fourth-order valence-electron chi connectivity index (χ4n) is 3.05. The molecule has 0 radical (unpaired) electrons. The van der Waals surface area contributed by atoms with Crippen molar-refractivity contribution < 1.29 is 9.18 Å². The molecule has 0 amide bonds. The first-order valence-electron chi connectivity index (χ1n) is 8.55. The molecule has 0 aliphatic carbocycles. The molecule has 0 fully saturated rings. The van der Waals surface area contributed by atoms with Crippen LogP contribution >= 0.6 is 11.3 Å². The average Bonchev–Trinajstić information content (AvgIpc) is 3.18. The lowest BCUT2D eigenvalue weighted by atomic mass is 10.1. The number of ketones is 1. The molecule has 0 aliphatic heterocycles. The number of carbonyl (C=O) groups is 1. The highest BCUT2D eigenvalue weighted by Crippen LogP contribution is 2.18. The quantitative estimate of drug-likeness (QED) is 0.498. The number of nitrogens with zero attached hydrogens (tertiary/aromatic N) is 2. The van der Waals surface area contributed by atoms with E-state index in [2.05, 4.69) is 0 Å². The molecule has 4 aromatic rings. The summed E-state index contributed by atoms with van der Waals surface area (Å²) in [6.45, 7) is 1.38. The Kier molecular flexibility index (Phi) is 4.52. The Labute approximate surface area is 162 Å². The summed E-state index contributed by atoms with van der Waals surface area (Å²) in [6.07, 6.45) is 0. The second kappa shape index (κ2) is 7.01. The van der Waals surface area contributed by atoms with Gasteiger partial charge < -0.3 is 0 Å². The lowest BCUT2D eigenvalue weighted by Gasteiger charge is -2.12. The van der Waals surface area contributed by atoms with Gasteiger partial charge in [0.1, 0.15) is 10.5 Å². The van der Waals surface area contributed by atoms with E-state index in [1.54, 1.807) is 48.7 Å². The standard InChI is InChI=1S/C21H15FN2O3S/c1-13-7-8-15(11-16(13)22)24-20(26)19-17(9-10-28-19)23(21(24)27)12-18(25)14-5-3-2-4-6-14/h2-11H,12H2,1H3. The van der Waals surface area contributed by atoms with Crippen molar-refractivity contribution in [3.05, 3.63) is 97.8 Å². The molecule has 0 atom stereocenters. The predicted molar refractivity (Wildman–Crippen MR) is 107 cm³/mol. The van der Waals surface area contributed by atoms with Crippen molar-refractivity contribution >= 4 is 27.3 Å². The maximum Gasteiger partial charge on any atom is 0.336 e. The second-order valence-corrected chi connectivity index (χ2v) is 7.28.